The molecule has 8 heteroatoms. The van der Waals surface area contributed by atoms with E-state index in [0.717, 1.165) is 0 Å². The predicted octanol–water partition coefficient (Wildman–Crippen LogP) is 0.562. The summed E-state index contributed by atoms with van der Waals surface area (Å²) >= 11 is 0. The lowest BCUT2D eigenvalue weighted by atomic mass is 9.70. The molecule has 0 fully saturated rings. The highest BCUT2D eigenvalue weighted by Gasteiger charge is 2.62. The van der Waals surface area contributed by atoms with E-state index in [1.807, 2.05) is 0 Å². The lowest BCUT2D eigenvalue weighted by Gasteiger charge is -2.39. The summed E-state index contributed by atoms with van der Waals surface area (Å²) in [5.41, 5.74) is -5.33. The Balaban J connectivity index is 3.53. The van der Waals surface area contributed by atoms with Gasteiger partial charge >= 0.3 is 5.97 Å². The zero-order valence-electron chi connectivity index (χ0n) is 14.6. The van der Waals surface area contributed by atoms with E-state index in [9.17, 15) is 34.8 Å². The smallest absolute Gasteiger partial charge is 0.378 e. The fourth-order valence-corrected chi connectivity index (χ4v) is 2.34. The highest BCUT2D eigenvalue weighted by atomic mass is 16.6. The summed E-state index contributed by atoms with van der Waals surface area (Å²) in [6.07, 6.45) is -4.37. The van der Waals surface area contributed by atoms with Crippen LogP contribution in [-0.2, 0) is 19.1 Å². The first-order chi connectivity index (χ1) is 10.6. The minimum atomic E-state index is -2.95. The standard InChI is InChI=1S/C16H24O8/c1-14(2,3)9(19)10(20)16(23,13(22)15(4,5)6)11-7(17)8(18)12(21)24-11/h10-11,17-18,20,23H,1-6H3/t10?,11-,16-/m0/s1. The van der Waals surface area contributed by atoms with Crippen molar-refractivity contribution >= 4 is 17.5 Å². The van der Waals surface area contributed by atoms with Crippen molar-refractivity contribution in [3.8, 4) is 0 Å². The molecule has 0 aliphatic carbocycles. The summed E-state index contributed by atoms with van der Waals surface area (Å²) in [7, 11) is 0. The molecule has 8 nitrogen and oxygen atoms in total. The molecule has 0 aromatic rings. The quantitative estimate of drug-likeness (QED) is 0.542. The lowest BCUT2D eigenvalue weighted by molar-refractivity contribution is -0.191. The van der Waals surface area contributed by atoms with E-state index in [1.165, 1.54) is 41.5 Å². The van der Waals surface area contributed by atoms with Crippen LogP contribution < -0.4 is 0 Å². The fraction of sp³-hybridized carbons (Fsp3) is 0.688. The third kappa shape index (κ3) is 3.16. The largest absolute Gasteiger partial charge is 0.505 e. The molecule has 0 radical (unpaired) electrons. The first-order valence-electron chi connectivity index (χ1n) is 7.39. The van der Waals surface area contributed by atoms with Crippen molar-refractivity contribution in [2.45, 2.75) is 59.4 Å². The van der Waals surface area contributed by atoms with Crippen molar-refractivity contribution < 1.29 is 39.5 Å². The monoisotopic (exact) mass is 344 g/mol. The maximum absolute atomic E-state index is 12.7. The van der Waals surface area contributed by atoms with Crippen LogP contribution in [0, 0.1) is 10.8 Å². The van der Waals surface area contributed by atoms with Gasteiger partial charge in [0.15, 0.2) is 23.4 Å². The molecule has 0 saturated heterocycles. The number of ketones is 2. The van der Waals surface area contributed by atoms with E-state index in [0.29, 0.717) is 0 Å². The second-order valence-electron chi connectivity index (χ2n) is 7.94. The van der Waals surface area contributed by atoms with Gasteiger partial charge < -0.3 is 25.2 Å². The zero-order chi connectivity index (χ0) is 19.2. The Bertz CT molecular complexity index is 605. The molecule has 1 heterocycles. The van der Waals surface area contributed by atoms with Crippen molar-refractivity contribution in [3.63, 3.8) is 0 Å². The Hall–Kier alpha value is -1.93. The number of carbonyl (C=O) groups excluding carboxylic acids is 3. The third-order valence-electron chi connectivity index (χ3n) is 3.76. The molecule has 1 aliphatic rings. The Kier molecular flexibility index (Phi) is 4.91. The van der Waals surface area contributed by atoms with Gasteiger partial charge in [0, 0.05) is 10.8 Å². The summed E-state index contributed by atoms with van der Waals surface area (Å²) in [5.74, 6) is -5.58. The van der Waals surface area contributed by atoms with Gasteiger partial charge in [-0.2, -0.15) is 0 Å². The van der Waals surface area contributed by atoms with Gasteiger partial charge in [-0.15, -0.1) is 0 Å². The van der Waals surface area contributed by atoms with E-state index >= 15 is 0 Å². The van der Waals surface area contributed by atoms with Gasteiger partial charge in [0.05, 0.1) is 0 Å². The van der Waals surface area contributed by atoms with Gasteiger partial charge in [0.1, 0.15) is 0 Å². The average molecular weight is 344 g/mol. The van der Waals surface area contributed by atoms with E-state index in [2.05, 4.69) is 4.74 Å². The number of Topliss-reactive ketones (excluding diaryl/α,β-unsaturated/α-hetero) is 2. The summed E-state index contributed by atoms with van der Waals surface area (Å²) < 4.78 is 4.66. The highest BCUT2D eigenvalue weighted by Crippen LogP contribution is 2.38. The van der Waals surface area contributed by atoms with E-state index < -0.39 is 57.7 Å². The second kappa shape index (κ2) is 5.86. The van der Waals surface area contributed by atoms with Gasteiger partial charge in [0.25, 0.3) is 0 Å². The molecule has 4 N–H and O–H groups in total. The Morgan fingerprint density at radius 2 is 1.50 bits per heavy atom. The number of ether oxygens (including phenoxy) is 1. The maximum atomic E-state index is 12.7. The van der Waals surface area contributed by atoms with Crippen LogP contribution in [0.2, 0.25) is 0 Å². The Morgan fingerprint density at radius 3 is 1.79 bits per heavy atom. The molecule has 136 valence electrons. The van der Waals surface area contributed by atoms with Crippen LogP contribution >= 0.6 is 0 Å². The molecular formula is C16H24O8. The summed E-state index contributed by atoms with van der Waals surface area (Å²) in [5, 5.41) is 40.6. The van der Waals surface area contributed by atoms with Crippen LogP contribution in [0.4, 0.5) is 0 Å². The van der Waals surface area contributed by atoms with Gasteiger partial charge in [0.2, 0.25) is 17.5 Å². The third-order valence-corrected chi connectivity index (χ3v) is 3.76. The molecule has 0 spiro atoms. The number of hydrogen-bond acceptors (Lipinski definition) is 8. The Labute approximate surface area is 139 Å². The van der Waals surface area contributed by atoms with Gasteiger partial charge in [-0.3, -0.25) is 9.59 Å². The van der Waals surface area contributed by atoms with Crippen molar-refractivity contribution in [3.05, 3.63) is 11.5 Å². The molecule has 0 amide bonds. The predicted molar refractivity (Wildman–Crippen MR) is 82.0 cm³/mol. The van der Waals surface area contributed by atoms with Crippen LogP contribution in [0.15, 0.2) is 11.5 Å². The molecule has 3 atom stereocenters. The number of rotatable bonds is 4. The lowest BCUT2D eigenvalue weighted by Crippen LogP contribution is -2.65. The molecule has 1 rings (SSSR count). The first-order valence-corrected chi connectivity index (χ1v) is 7.39. The SMILES string of the molecule is CC(C)(C)C(=O)C(O)[C@@](O)(C(=O)C(C)(C)C)[C@H]1OC(=O)C(O)=C1O. The molecule has 1 unspecified atom stereocenters. The number of esters is 1. The van der Waals surface area contributed by atoms with Crippen molar-refractivity contribution in [1.82, 2.24) is 0 Å². The molecule has 24 heavy (non-hydrogen) atoms. The van der Waals surface area contributed by atoms with Gasteiger partial charge in [-0.1, -0.05) is 41.5 Å². The molecular weight excluding hydrogens is 320 g/mol. The normalized spacial score (nSPS) is 22.8. The summed E-state index contributed by atoms with van der Waals surface area (Å²) in [6, 6.07) is 0. The number of hydrogen-bond donors (Lipinski definition) is 4. The van der Waals surface area contributed by atoms with Crippen LogP contribution in [0.1, 0.15) is 41.5 Å². The number of aliphatic hydroxyl groups excluding tert-OH is 3. The number of carbonyl (C=O) groups is 3. The van der Waals surface area contributed by atoms with Crippen LogP contribution in [-0.4, -0.2) is 55.8 Å². The summed E-state index contributed by atoms with van der Waals surface area (Å²) in [4.78, 5) is 36.6. The van der Waals surface area contributed by atoms with Crippen LogP contribution in [0.25, 0.3) is 0 Å². The zero-order valence-corrected chi connectivity index (χ0v) is 14.6. The van der Waals surface area contributed by atoms with Crippen molar-refractivity contribution in [2.75, 3.05) is 0 Å². The summed E-state index contributed by atoms with van der Waals surface area (Å²) in [6.45, 7) is 8.67. The number of aliphatic hydroxyl groups is 4. The van der Waals surface area contributed by atoms with E-state index in [4.69, 9.17) is 0 Å². The van der Waals surface area contributed by atoms with E-state index in [1.54, 1.807) is 0 Å². The molecule has 1 aliphatic heterocycles. The van der Waals surface area contributed by atoms with Crippen LogP contribution in [0.3, 0.4) is 0 Å². The molecule has 0 bridgehead atoms. The van der Waals surface area contributed by atoms with Crippen LogP contribution in [0.5, 0.6) is 0 Å². The molecule has 0 aromatic heterocycles. The Morgan fingerprint density at radius 1 is 1.04 bits per heavy atom. The molecule has 0 saturated carbocycles. The maximum Gasteiger partial charge on any atom is 0.378 e. The number of cyclic esters (lactones) is 1. The topological polar surface area (TPSA) is 141 Å². The average Bonchev–Trinajstić information content (AvgIpc) is 2.70. The second-order valence-corrected chi connectivity index (χ2v) is 7.94. The molecule has 0 aromatic carbocycles. The van der Waals surface area contributed by atoms with Gasteiger partial charge in [-0.05, 0) is 0 Å². The fourth-order valence-electron chi connectivity index (χ4n) is 2.34. The minimum Gasteiger partial charge on any atom is -0.505 e. The first kappa shape index (κ1) is 20.1. The minimum absolute atomic E-state index is 0.891. The van der Waals surface area contributed by atoms with Crippen molar-refractivity contribution in [2.24, 2.45) is 10.8 Å². The van der Waals surface area contributed by atoms with Crippen molar-refractivity contribution in [1.29, 1.82) is 0 Å². The van der Waals surface area contributed by atoms with E-state index in [-0.39, 0.29) is 0 Å². The van der Waals surface area contributed by atoms with Gasteiger partial charge in [-0.25, -0.2) is 4.79 Å². The highest BCUT2D eigenvalue weighted by molar-refractivity contribution is 6.02.